The highest BCUT2D eigenvalue weighted by atomic mass is 16.5. The zero-order valence-electron chi connectivity index (χ0n) is 15.8. The zero-order valence-corrected chi connectivity index (χ0v) is 15.8. The normalized spacial score (nSPS) is 24.9. The van der Waals surface area contributed by atoms with E-state index >= 15 is 0 Å². The number of aryl methyl sites for hydroxylation is 2. The van der Waals surface area contributed by atoms with Crippen LogP contribution in [0.25, 0.3) is 0 Å². The third kappa shape index (κ3) is 3.73. The van der Waals surface area contributed by atoms with E-state index < -0.39 is 0 Å². The van der Waals surface area contributed by atoms with Crippen molar-refractivity contribution in [2.24, 2.45) is 5.41 Å². The number of hydrogen-bond acceptors (Lipinski definition) is 5. The third-order valence-corrected chi connectivity index (χ3v) is 6.11. The first-order chi connectivity index (χ1) is 12.1. The summed E-state index contributed by atoms with van der Waals surface area (Å²) in [6, 6.07) is 0.336. The summed E-state index contributed by atoms with van der Waals surface area (Å²) in [5.41, 5.74) is 0.197. The summed E-state index contributed by atoms with van der Waals surface area (Å²) in [5, 5.41) is 3.79. The van der Waals surface area contributed by atoms with Crippen molar-refractivity contribution in [3.05, 3.63) is 11.7 Å². The van der Waals surface area contributed by atoms with Crippen LogP contribution in [0.3, 0.4) is 0 Å². The maximum absolute atomic E-state index is 12.7. The lowest BCUT2D eigenvalue weighted by molar-refractivity contribution is -0.185. The lowest BCUT2D eigenvalue weighted by Crippen LogP contribution is -2.65. The molecule has 1 heterocycles. The van der Waals surface area contributed by atoms with Gasteiger partial charge in [0.15, 0.2) is 5.82 Å². The molecule has 0 radical (unpaired) electrons. The molecule has 0 N–H and O–H groups in total. The lowest BCUT2D eigenvalue weighted by atomic mass is 9.54. The number of hydrogen-bond donors (Lipinski definition) is 0. The molecular weight excluding hydrogens is 318 g/mol. The second-order valence-corrected chi connectivity index (χ2v) is 7.58. The predicted octanol–water partition coefficient (Wildman–Crippen LogP) is 3.29. The maximum Gasteiger partial charge on any atom is 0.226 e. The highest BCUT2D eigenvalue weighted by molar-refractivity contribution is 5.76. The summed E-state index contributed by atoms with van der Waals surface area (Å²) < 4.78 is 11.1. The summed E-state index contributed by atoms with van der Waals surface area (Å²) in [5.74, 6) is 1.49. The molecule has 1 aromatic heterocycles. The van der Waals surface area contributed by atoms with Crippen molar-refractivity contribution in [3.8, 4) is 0 Å². The molecular formula is C19H31N3O3. The van der Waals surface area contributed by atoms with Gasteiger partial charge in [-0.15, -0.1) is 0 Å². The number of ether oxygens (including phenoxy) is 1. The highest BCUT2D eigenvalue weighted by Gasteiger charge is 2.57. The van der Waals surface area contributed by atoms with Crippen LogP contribution in [0.1, 0.15) is 70.0 Å². The maximum atomic E-state index is 12.7. The molecule has 2 aliphatic carbocycles. The van der Waals surface area contributed by atoms with Gasteiger partial charge >= 0.3 is 0 Å². The molecule has 3 rings (SSSR count). The van der Waals surface area contributed by atoms with Crippen molar-refractivity contribution in [1.29, 1.82) is 0 Å². The van der Waals surface area contributed by atoms with Gasteiger partial charge in [-0.05, 0) is 39.5 Å². The molecule has 140 valence electrons. The fourth-order valence-electron chi connectivity index (χ4n) is 4.75. The van der Waals surface area contributed by atoms with Crippen molar-refractivity contribution < 1.29 is 14.1 Å². The molecule has 6 heteroatoms. The van der Waals surface area contributed by atoms with Gasteiger partial charge in [0.1, 0.15) is 0 Å². The van der Waals surface area contributed by atoms with Crippen molar-refractivity contribution >= 4 is 5.91 Å². The number of amides is 1. The fourth-order valence-corrected chi connectivity index (χ4v) is 4.75. The molecule has 0 saturated heterocycles. The van der Waals surface area contributed by atoms with Gasteiger partial charge in [-0.1, -0.05) is 24.4 Å². The minimum absolute atomic E-state index is 0.197. The summed E-state index contributed by atoms with van der Waals surface area (Å²) in [6.07, 6.45) is 9.49. The Kier molecular flexibility index (Phi) is 5.77. The molecule has 0 bridgehead atoms. The van der Waals surface area contributed by atoms with E-state index in [4.69, 9.17) is 9.26 Å². The van der Waals surface area contributed by atoms with E-state index in [2.05, 4.69) is 17.1 Å². The minimum atomic E-state index is 0.197. The molecule has 6 nitrogen and oxygen atoms in total. The average Bonchev–Trinajstić information content (AvgIpc) is 3.03. The van der Waals surface area contributed by atoms with Gasteiger partial charge in [-0.3, -0.25) is 4.79 Å². The van der Waals surface area contributed by atoms with E-state index in [1.807, 2.05) is 11.9 Å². The Hall–Kier alpha value is -1.43. The van der Waals surface area contributed by atoms with Gasteiger partial charge in [0.05, 0.1) is 6.10 Å². The van der Waals surface area contributed by atoms with Gasteiger partial charge in [-0.2, -0.15) is 4.98 Å². The van der Waals surface area contributed by atoms with Crippen LogP contribution in [0.4, 0.5) is 0 Å². The molecule has 0 unspecified atom stereocenters. The SMILES string of the molecule is CCO[C@H]1C[C@@H](N(C)C(=O)CCCc2nc(C)no2)C12CCCCC2. The summed E-state index contributed by atoms with van der Waals surface area (Å²) in [7, 11) is 1.97. The predicted molar refractivity (Wildman–Crippen MR) is 94.1 cm³/mol. The zero-order chi connectivity index (χ0) is 17.9. The van der Waals surface area contributed by atoms with Crippen molar-refractivity contribution in [1.82, 2.24) is 15.0 Å². The largest absolute Gasteiger partial charge is 0.378 e. The van der Waals surface area contributed by atoms with Crippen LogP contribution >= 0.6 is 0 Å². The standard InChI is InChI=1S/C19H31N3O3/c1-4-24-16-13-15(19(16)11-6-5-7-12-19)22(3)18(23)10-8-9-17-20-14(2)21-25-17/h15-16H,4-13H2,1-3H3/t15-,16+/m1/s1. The first-order valence-electron chi connectivity index (χ1n) is 9.73. The Labute approximate surface area is 150 Å². The van der Waals surface area contributed by atoms with Gasteiger partial charge < -0.3 is 14.2 Å². The van der Waals surface area contributed by atoms with Crippen molar-refractivity contribution in [2.45, 2.75) is 83.8 Å². The Balaban J connectivity index is 1.54. The third-order valence-electron chi connectivity index (χ3n) is 6.11. The van der Waals surface area contributed by atoms with E-state index in [9.17, 15) is 4.79 Å². The molecule has 2 fully saturated rings. The Morgan fingerprint density at radius 1 is 1.36 bits per heavy atom. The molecule has 25 heavy (non-hydrogen) atoms. The topological polar surface area (TPSA) is 68.5 Å². The van der Waals surface area contributed by atoms with E-state index in [1.54, 1.807) is 6.92 Å². The number of aromatic nitrogens is 2. The van der Waals surface area contributed by atoms with Crippen LogP contribution in [-0.4, -0.2) is 46.7 Å². The van der Waals surface area contributed by atoms with Crippen molar-refractivity contribution in [2.75, 3.05) is 13.7 Å². The minimum Gasteiger partial charge on any atom is -0.378 e. The second kappa shape index (κ2) is 7.85. The van der Waals surface area contributed by atoms with Gasteiger partial charge in [-0.25, -0.2) is 0 Å². The molecule has 0 aliphatic heterocycles. The number of carbonyl (C=O) groups excluding carboxylic acids is 1. The Bertz CT molecular complexity index is 580. The molecule has 2 aliphatic rings. The van der Waals surface area contributed by atoms with E-state index in [1.165, 1.54) is 32.1 Å². The summed E-state index contributed by atoms with van der Waals surface area (Å²) in [4.78, 5) is 18.9. The molecule has 1 spiro atoms. The molecule has 2 saturated carbocycles. The van der Waals surface area contributed by atoms with Crippen LogP contribution in [-0.2, 0) is 16.0 Å². The fraction of sp³-hybridized carbons (Fsp3) is 0.842. The number of carbonyl (C=O) groups is 1. The number of rotatable bonds is 7. The van der Waals surface area contributed by atoms with Crippen LogP contribution in [0.2, 0.25) is 0 Å². The first kappa shape index (κ1) is 18.4. The van der Waals surface area contributed by atoms with Gasteiger partial charge in [0.2, 0.25) is 11.8 Å². The quantitative estimate of drug-likeness (QED) is 0.755. The van der Waals surface area contributed by atoms with E-state index in [-0.39, 0.29) is 11.3 Å². The number of nitrogens with zero attached hydrogens (tertiary/aromatic N) is 3. The first-order valence-corrected chi connectivity index (χ1v) is 9.73. The summed E-state index contributed by atoms with van der Waals surface area (Å²) >= 11 is 0. The molecule has 1 aromatic rings. The molecule has 0 aromatic carbocycles. The second-order valence-electron chi connectivity index (χ2n) is 7.58. The monoisotopic (exact) mass is 349 g/mol. The van der Waals surface area contributed by atoms with Gasteiger partial charge in [0, 0.05) is 38.0 Å². The smallest absolute Gasteiger partial charge is 0.226 e. The average molecular weight is 349 g/mol. The molecule has 1 amide bonds. The highest BCUT2D eigenvalue weighted by Crippen LogP contribution is 2.55. The Morgan fingerprint density at radius 2 is 2.12 bits per heavy atom. The lowest BCUT2D eigenvalue weighted by Gasteiger charge is -2.60. The van der Waals surface area contributed by atoms with Crippen LogP contribution in [0, 0.1) is 12.3 Å². The van der Waals surface area contributed by atoms with Crippen LogP contribution in [0.15, 0.2) is 4.52 Å². The van der Waals surface area contributed by atoms with E-state index in [0.717, 1.165) is 19.4 Å². The molecule has 2 atom stereocenters. The van der Waals surface area contributed by atoms with Crippen LogP contribution < -0.4 is 0 Å². The van der Waals surface area contributed by atoms with Crippen LogP contribution in [0.5, 0.6) is 0 Å². The van der Waals surface area contributed by atoms with Crippen molar-refractivity contribution in [3.63, 3.8) is 0 Å². The summed E-state index contributed by atoms with van der Waals surface area (Å²) in [6.45, 7) is 4.64. The van der Waals surface area contributed by atoms with E-state index in [0.29, 0.717) is 36.7 Å². The van der Waals surface area contributed by atoms with Gasteiger partial charge in [0.25, 0.3) is 0 Å². The Morgan fingerprint density at radius 3 is 2.76 bits per heavy atom.